The Morgan fingerprint density at radius 3 is 2.60 bits per heavy atom. The van der Waals surface area contributed by atoms with Crippen LogP contribution in [0.4, 0.5) is 5.69 Å². The molecule has 7 heteroatoms. The van der Waals surface area contributed by atoms with Crippen molar-refractivity contribution in [2.24, 2.45) is 10.9 Å². The summed E-state index contributed by atoms with van der Waals surface area (Å²) in [7, 11) is 2.08. The van der Waals surface area contributed by atoms with E-state index >= 15 is 0 Å². The van der Waals surface area contributed by atoms with E-state index in [-0.39, 0.29) is 6.04 Å². The molecular weight excluding hydrogens is 336 g/mol. The Kier molecular flexibility index (Phi) is 7.32. The molecule has 1 aliphatic rings. The van der Waals surface area contributed by atoms with E-state index in [0.717, 1.165) is 61.3 Å². The molecule has 0 spiro atoms. The number of likely N-dealkylation sites (N-methyl/N-ethyl adjacent to an activating group) is 1. The predicted molar refractivity (Wildman–Crippen MR) is 106 cm³/mol. The number of nitrogens with two attached hydrogens (primary N) is 1. The minimum atomic E-state index is 0.211. The number of anilines is 1. The smallest absolute Gasteiger partial charge is 0.141 e. The molecule has 0 aliphatic carbocycles. The summed E-state index contributed by atoms with van der Waals surface area (Å²) in [6.45, 7) is 11.2. The third kappa shape index (κ3) is 4.76. The Hall–Kier alpha value is -1.53. The van der Waals surface area contributed by atoms with E-state index in [9.17, 15) is 0 Å². The van der Waals surface area contributed by atoms with E-state index in [2.05, 4.69) is 52.6 Å². The first-order valence-electron chi connectivity index (χ1n) is 9.07. The molecule has 0 bridgehead atoms. The highest BCUT2D eigenvalue weighted by atomic mass is 35.5. The van der Waals surface area contributed by atoms with Crippen LogP contribution in [0.5, 0.6) is 0 Å². The van der Waals surface area contributed by atoms with Crippen LogP contribution in [0.3, 0.4) is 0 Å². The molecule has 25 heavy (non-hydrogen) atoms. The number of rotatable bonds is 6. The number of hydrazone groups is 1. The van der Waals surface area contributed by atoms with Gasteiger partial charge in [-0.25, -0.2) is 0 Å². The van der Waals surface area contributed by atoms with Crippen LogP contribution in [-0.4, -0.2) is 66.4 Å². The lowest BCUT2D eigenvalue weighted by Gasteiger charge is -2.41. The highest BCUT2D eigenvalue weighted by Crippen LogP contribution is 2.29. The Morgan fingerprint density at radius 1 is 1.36 bits per heavy atom. The maximum Gasteiger partial charge on any atom is 0.141 e. The van der Waals surface area contributed by atoms with Gasteiger partial charge in [0.1, 0.15) is 5.84 Å². The molecule has 1 fully saturated rings. The first kappa shape index (κ1) is 19.8. The Bertz CT molecular complexity index is 563. The quantitative estimate of drug-likeness (QED) is 0.363. The van der Waals surface area contributed by atoms with Gasteiger partial charge in [-0.1, -0.05) is 24.9 Å². The van der Waals surface area contributed by atoms with Crippen LogP contribution in [0.1, 0.15) is 32.3 Å². The van der Waals surface area contributed by atoms with E-state index in [0.29, 0.717) is 0 Å². The molecule has 2 N–H and O–H groups in total. The summed E-state index contributed by atoms with van der Waals surface area (Å²) < 4.78 is 0. The van der Waals surface area contributed by atoms with Gasteiger partial charge in [-0.05, 0) is 25.8 Å². The number of amidine groups is 1. The Labute approximate surface area is 156 Å². The van der Waals surface area contributed by atoms with Crippen molar-refractivity contribution in [2.45, 2.75) is 39.7 Å². The molecule has 1 aromatic rings. The first-order chi connectivity index (χ1) is 12.0. The lowest BCUT2D eigenvalue weighted by molar-refractivity contribution is 0.226. The largest absolute Gasteiger partial charge is 0.367 e. The predicted octanol–water partition coefficient (Wildman–Crippen LogP) is 2.56. The molecule has 1 saturated heterocycles. The van der Waals surface area contributed by atoms with Crippen molar-refractivity contribution in [3.8, 4) is 0 Å². The molecule has 1 aliphatic heterocycles. The zero-order chi connectivity index (χ0) is 18.4. The van der Waals surface area contributed by atoms with Crippen LogP contribution >= 0.6 is 11.6 Å². The molecule has 2 heterocycles. The van der Waals surface area contributed by atoms with Gasteiger partial charge in [0.15, 0.2) is 0 Å². The summed E-state index contributed by atoms with van der Waals surface area (Å²) in [4.78, 5) is 11.1. The lowest BCUT2D eigenvalue weighted by Crippen LogP contribution is -2.54. The molecule has 1 aromatic heterocycles. The van der Waals surface area contributed by atoms with Crippen molar-refractivity contribution in [3.05, 3.63) is 23.0 Å². The second kappa shape index (κ2) is 9.25. The second-order valence-electron chi connectivity index (χ2n) is 6.75. The molecule has 0 amide bonds. The maximum atomic E-state index is 6.36. The summed E-state index contributed by atoms with van der Waals surface area (Å²) in [5, 5.41) is 4.81. The van der Waals surface area contributed by atoms with Crippen LogP contribution in [0, 0.1) is 6.92 Å². The number of nitrogens with zero attached hydrogens (tertiary/aromatic N) is 5. The van der Waals surface area contributed by atoms with Gasteiger partial charge >= 0.3 is 0 Å². The minimum Gasteiger partial charge on any atom is -0.367 e. The zero-order valence-electron chi connectivity index (χ0n) is 15.9. The molecule has 0 aromatic carbocycles. The average Bonchev–Trinajstić information content (AvgIpc) is 2.61. The third-order valence-electron chi connectivity index (χ3n) is 4.98. The van der Waals surface area contributed by atoms with Gasteiger partial charge in [-0.3, -0.25) is 9.88 Å². The van der Waals surface area contributed by atoms with Crippen molar-refractivity contribution in [3.63, 3.8) is 0 Å². The van der Waals surface area contributed by atoms with Gasteiger partial charge in [0.25, 0.3) is 0 Å². The summed E-state index contributed by atoms with van der Waals surface area (Å²) in [5.74, 6) is 6.65. The number of halogens is 1. The number of aryl methyl sites for hydroxylation is 1. The van der Waals surface area contributed by atoms with Crippen LogP contribution in [0.25, 0.3) is 0 Å². The first-order valence-corrected chi connectivity index (χ1v) is 9.45. The number of piperazine rings is 1. The van der Waals surface area contributed by atoms with Gasteiger partial charge in [0.2, 0.25) is 0 Å². The van der Waals surface area contributed by atoms with E-state index in [4.69, 9.17) is 17.4 Å². The van der Waals surface area contributed by atoms with Crippen LogP contribution < -0.4 is 10.7 Å². The summed E-state index contributed by atoms with van der Waals surface area (Å²) >= 11 is 6.36. The fraction of sp³-hybridized carbons (Fsp3) is 0.667. The molecule has 1 unspecified atom stereocenters. The van der Waals surface area contributed by atoms with Gasteiger partial charge in [-0.2, -0.15) is 5.10 Å². The van der Waals surface area contributed by atoms with Gasteiger partial charge in [0, 0.05) is 52.2 Å². The topological polar surface area (TPSA) is 61.0 Å². The standard InChI is InChI=1S/C18H31ClN6/c1-5-6-7-23(4)18(22-20)15(3)24-8-10-25(11-9-24)17-14(2)12-21-13-16(17)19/h12-13,15H,5-11,20H2,1-4H3/b22-18-. The van der Waals surface area contributed by atoms with Crippen molar-refractivity contribution < 1.29 is 0 Å². The number of aromatic nitrogens is 1. The summed E-state index contributed by atoms with van der Waals surface area (Å²) in [6, 6.07) is 0.211. The number of pyridine rings is 1. The van der Waals surface area contributed by atoms with Crippen molar-refractivity contribution in [1.82, 2.24) is 14.8 Å². The molecule has 2 rings (SSSR count). The van der Waals surface area contributed by atoms with Gasteiger partial charge < -0.3 is 15.6 Å². The normalized spacial score (nSPS) is 17.6. The fourth-order valence-electron chi connectivity index (χ4n) is 3.46. The Balaban J connectivity index is 1.99. The van der Waals surface area contributed by atoms with Crippen molar-refractivity contribution >= 4 is 23.1 Å². The average molecular weight is 367 g/mol. The van der Waals surface area contributed by atoms with Gasteiger partial charge in [0.05, 0.1) is 16.8 Å². The number of unbranched alkanes of at least 4 members (excludes halogenated alkanes) is 1. The van der Waals surface area contributed by atoms with Crippen LogP contribution in [-0.2, 0) is 0 Å². The van der Waals surface area contributed by atoms with Crippen LogP contribution in [0.15, 0.2) is 17.5 Å². The lowest BCUT2D eigenvalue weighted by atomic mass is 10.1. The molecular formula is C18H31ClN6. The molecule has 0 radical (unpaired) electrons. The number of hydrogen-bond acceptors (Lipinski definition) is 5. The molecule has 140 valence electrons. The molecule has 6 nitrogen and oxygen atoms in total. The highest BCUT2D eigenvalue weighted by molar-refractivity contribution is 6.33. The SMILES string of the molecule is CCCCN(C)/C(=N\N)C(C)N1CCN(c2c(C)cncc2Cl)CC1. The van der Waals surface area contributed by atoms with E-state index in [1.807, 2.05) is 6.20 Å². The third-order valence-corrected chi connectivity index (χ3v) is 5.25. The van der Waals surface area contributed by atoms with Crippen molar-refractivity contribution in [1.29, 1.82) is 0 Å². The summed E-state index contributed by atoms with van der Waals surface area (Å²) in [5.41, 5.74) is 2.23. The maximum absolute atomic E-state index is 6.36. The monoisotopic (exact) mass is 366 g/mol. The van der Waals surface area contributed by atoms with Crippen LogP contribution in [0.2, 0.25) is 5.02 Å². The minimum absolute atomic E-state index is 0.211. The van der Waals surface area contributed by atoms with Crippen molar-refractivity contribution in [2.75, 3.05) is 44.7 Å². The van der Waals surface area contributed by atoms with E-state index in [1.54, 1.807) is 6.20 Å². The molecule has 0 saturated carbocycles. The zero-order valence-corrected chi connectivity index (χ0v) is 16.6. The summed E-state index contributed by atoms with van der Waals surface area (Å²) in [6.07, 6.45) is 5.91. The van der Waals surface area contributed by atoms with E-state index in [1.165, 1.54) is 6.42 Å². The molecule has 1 atom stereocenters. The number of hydrogen-bond donors (Lipinski definition) is 1. The van der Waals surface area contributed by atoms with Gasteiger partial charge in [-0.15, -0.1) is 0 Å². The highest BCUT2D eigenvalue weighted by Gasteiger charge is 2.27. The van der Waals surface area contributed by atoms with E-state index < -0.39 is 0 Å². The fourth-order valence-corrected chi connectivity index (χ4v) is 3.78. The Morgan fingerprint density at radius 2 is 2.04 bits per heavy atom. The second-order valence-corrected chi connectivity index (χ2v) is 7.16.